The first kappa shape index (κ1) is 11.8. The molecule has 1 aliphatic carbocycles. The first-order chi connectivity index (χ1) is 8.54. The van der Waals surface area contributed by atoms with E-state index in [1.807, 2.05) is 19.1 Å². The van der Waals surface area contributed by atoms with Gasteiger partial charge in [0.1, 0.15) is 11.3 Å². The van der Waals surface area contributed by atoms with Crippen LogP contribution in [0.25, 0.3) is 11.0 Å². The number of ether oxygens (including phenoxy) is 1. The third-order valence-electron chi connectivity index (χ3n) is 3.79. The van der Waals surface area contributed by atoms with E-state index in [0.29, 0.717) is 18.1 Å². The second-order valence-electron chi connectivity index (χ2n) is 5.59. The van der Waals surface area contributed by atoms with Gasteiger partial charge >= 0.3 is 0 Å². The first-order valence-corrected chi connectivity index (χ1v) is 6.81. The van der Waals surface area contributed by atoms with Gasteiger partial charge in [-0.15, -0.1) is 0 Å². The van der Waals surface area contributed by atoms with Gasteiger partial charge in [-0.2, -0.15) is 0 Å². The highest BCUT2D eigenvalue weighted by atomic mass is 32.1. The van der Waals surface area contributed by atoms with Crippen LogP contribution in [0.5, 0.6) is 5.75 Å². The van der Waals surface area contributed by atoms with Gasteiger partial charge in [0.2, 0.25) is 0 Å². The van der Waals surface area contributed by atoms with E-state index in [4.69, 9.17) is 17.0 Å². The third-order valence-corrected chi connectivity index (χ3v) is 4.09. The smallest absolute Gasteiger partial charge is 0.178 e. The summed E-state index contributed by atoms with van der Waals surface area (Å²) in [5, 5.41) is 0. The molecule has 4 heteroatoms. The maximum Gasteiger partial charge on any atom is 0.178 e. The molecular weight excluding hydrogens is 244 g/mol. The Labute approximate surface area is 112 Å². The predicted molar refractivity (Wildman–Crippen MR) is 75.7 cm³/mol. The molecule has 96 valence electrons. The molecule has 1 saturated carbocycles. The molecule has 1 unspecified atom stereocenters. The zero-order chi connectivity index (χ0) is 12.9. The van der Waals surface area contributed by atoms with Crippen molar-refractivity contribution in [1.29, 1.82) is 0 Å². The second kappa shape index (κ2) is 3.85. The van der Waals surface area contributed by atoms with Crippen LogP contribution in [-0.2, 0) is 0 Å². The lowest BCUT2D eigenvalue weighted by molar-refractivity contribution is 0.343. The first-order valence-electron chi connectivity index (χ1n) is 6.40. The molecule has 3 rings (SSSR count). The van der Waals surface area contributed by atoms with E-state index in [0.717, 1.165) is 21.6 Å². The van der Waals surface area contributed by atoms with Gasteiger partial charge in [0, 0.05) is 6.04 Å². The van der Waals surface area contributed by atoms with Crippen molar-refractivity contribution in [1.82, 2.24) is 9.55 Å². The van der Waals surface area contributed by atoms with Crippen molar-refractivity contribution >= 4 is 23.3 Å². The van der Waals surface area contributed by atoms with Crippen LogP contribution in [0.15, 0.2) is 18.2 Å². The van der Waals surface area contributed by atoms with Crippen LogP contribution in [0, 0.1) is 10.2 Å². The van der Waals surface area contributed by atoms with E-state index in [1.54, 1.807) is 0 Å². The number of hydrogen-bond acceptors (Lipinski definition) is 2. The second-order valence-corrected chi connectivity index (χ2v) is 5.98. The molecule has 3 nitrogen and oxygen atoms in total. The summed E-state index contributed by atoms with van der Waals surface area (Å²) in [6.45, 7) is 7.23. The SMILES string of the molecule is CCOc1cccc2c1[nH]c(=S)n2C1CC1(C)C. The number of benzene rings is 1. The Kier molecular flexibility index (Phi) is 2.52. The van der Waals surface area contributed by atoms with E-state index in [-0.39, 0.29) is 0 Å². The van der Waals surface area contributed by atoms with Crippen molar-refractivity contribution in [3.05, 3.63) is 23.0 Å². The van der Waals surface area contributed by atoms with Gasteiger partial charge in [0.15, 0.2) is 4.77 Å². The minimum Gasteiger partial charge on any atom is -0.492 e. The summed E-state index contributed by atoms with van der Waals surface area (Å²) in [5.74, 6) is 0.887. The minimum absolute atomic E-state index is 0.356. The average molecular weight is 262 g/mol. The number of H-pyrrole nitrogens is 1. The molecule has 0 aliphatic heterocycles. The Hall–Kier alpha value is -1.29. The quantitative estimate of drug-likeness (QED) is 0.845. The van der Waals surface area contributed by atoms with Crippen molar-refractivity contribution in [2.75, 3.05) is 6.61 Å². The van der Waals surface area contributed by atoms with Gasteiger partial charge in [-0.3, -0.25) is 0 Å². The van der Waals surface area contributed by atoms with E-state index < -0.39 is 0 Å². The summed E-state index contributed by atoms with van der Waals surface area (Å²) >= 11 is 5.47. The summed E-state index contributed by atoms with van der Waals surface area (Å²) in [6, 6.07) is 6.63. The molecule has 1 N–H and O–H groups in total. The van der Waals surface area contributed by atoms with Crippen LogP contribution in [0.4, 0.5) is 0 Å². The molecule has 1 aromatic heterocycles. The van der Waals surface area contributed by atoms with Crippen LogP contribution in [0.3, 0.4) is 0 Å². The fourth-order valence-corrected chi connectivity index (χ4v) is 2.92. The van der Waals surface area contributed by atoms with Crippen molar-refractivity contribution in [2.24, 2.45) is 5.41 Å². The largest absolute Gasteiger partial charge is 0.492 e. The van der Waals surface area contributed by atoms with E-state index in [9.17, 15) is 0 Å². The zero-order valence-electron chi connectivity index (χ0n) is 11.0. The number of para-hydroxylation sites is 1. The van der Waals surface area contributed by atoms with Gasteiger partial charge in [-0.1, -0.05) is 19.9 Å². The molecule has 0 radical (unpaired) electrons. The number of hydrogen-bond donors (Lipinski definition) is 1. The highest BCUT2D eigenvalue weighted by molar-refractivity contribution is 7.71. The fraction of sp³-hybridized carbons (Fsp3) is 0.500. The van der Waals surface area contributed by atoms with E-state index >= 15 is 0 Å². The number of nitrogens with one attached hydrogen (secondary N) is 1. The van der Waals surface area contributed by atoms with Gasteiger partial charge in [0.05, 0.1) is 12.1 Å². The van der Waals surface area contributed by atoms with Crippen LogP contribution in [0.2, 0.25) is 0 Å². The zero-order valence-corrected chi connectivity index (χ0v) is 11.8. The van der Waals surface area contributed by atoms with Gasteiger partial charge < -0.3 is 14.3 Å². The van der Waals surface area contributed by atoms with E-state index in [2.05, 4.69) is 29.5 Å². The standard InChI is InChI=1S/C14H18N2OS/c1-4-17-10-7-5-6-9-12(10)15-13(18)16(9)11-8-14(11,2)3/h5-7,11H,4,8H2,1-3H3,(H,15,18). The van der Waals surface area contributed by atoms with Crippen molar-refractivity contribution in [3.63, 3.8) is 0 Å². The number of aromatic nitrogens is 2. The van der Waals surface area contributed by atoms with Crippen LogP contribution < -0.4 is 4.74 Å². The lowest BCUT2D eigenvalue weighted by atomic mass is 10.2. The summed E-state index contributed by atoms with van der Waals surface area (Å²) in [7, 11) is 0. The number of aromatic amines is 1. The molecule has 0 amide bonds. The van der Waals surface area contributed by atoms with Gasteiger partial charge in [-0.05, 0) is 43.1 Å². The Morgan fingerprint density at radius 1 is 1.50 bits per heavy atom. The third kappa shape index (κ3) is 1.67. The predicted octanol–water partition coefficient (Wildman–Crippen LogP) is 4.07. The number of rotatable bonds is 3. The molecule has 1 heterocycles. The maximum atomic E-state index is 5.65. The molecule has 0 saturated heterocycles. The fourth-order valence-electron chi connectivity index (χ4n) is 2.59. The number of fused-ring (bicyclic) bond motifs is 1. The normalized spacial score (nSPS) is 21.2. The maximum absolute atomic E-state index is 5.65. The van der Waals surface area contributed by atoms with Crippen LogP contribution in [0.1, 0.15) is 33.2 Å². The van der Waals surface area contributed by atoms with Crippen LogP contribution in [-0.4, -0.2) is 16.2 Å². The number of imidazole rings is 1. The molecule has 18 heavy (non-hydrogen) atoms. The summed E-state index contributed by atoms with van der Waals surface area (Å²) in [4.78, 5) is 3.29. The summed E-state index contributed by atoms with van der Waals surface area (Å²) < 4.78 is 8.69. The lowest BCUT2D eigenvalue weighted by Gasteiger charge is -2.08. The lowest BCUT2D eigenvalue weighted by Crippen LogP contribution is -2.00. The Bertz CT molecular complexity index is 653. The molecule has 1 aromatic carbocycles. The molecule has 1 atom stereocenters. The van der Waals surface area contributed by atoms with Crippen LogP contribution >= 0.6 is 12.2 Å². The van der Waals surface area contributed by atoms with Gasteiger partial charge in [-0.25, -0.2) is 0 Å². The monoisotopic (exact) mass is 262 g/mol. The van der Waals surface area contributed by atoms with Crippen molar-refractivity contribution < 1.29 is 4.74 Å². The average Bonchev–Trinajstić information content (AvgIpc) is 2.79. The van der Waals surface area contributed by atoms with Gasteiger partial charge in [0.25, 0.3) is 0 Å². The molecular formula is C14H18N2OS. The summed E-state index contributed by atoms with van der Waals surface area (Å²) in [5.41, 5.74) is 2.53. The topological polar surface area (TPSA) is 29.9 Å². The Morgan fingerprint density at radius 2 is 2.22 bits per heavy atom. The minimum atomic E-state index is 0.356. The number of nitrogens with zero attached hydrogens (tertiary/aromatic N) is 1. The Balaban J connectivity index is 2.19. The molecule has 1 fully saturated rings. The van der Waals surface area contributed by atoms with E-state index in [1.165, 1.54) is 6.42 Å². The molecule has 0 spiro atoms. The highest BCUT2D eigenvalue weighted by Gasteiger charge is 2.48. The molecule has 1 aliphatic rings. The summed E-state index contributed by atoms with van der Waals surface area (Å²) in [6.07, 6.45) is 1.19. The molecule has 0 bridgehead atoms. The molecule has 2 aromatic rings. The van der Waals surface area contributed by atoms with Crippen molar-refractivity contribution in [2.45, 2.75) is 33.2 Å². The highest BCUT2D eigenvalue weighted by Crippen LogP contribution is 2.56. The Morgan fingerprint density at radius 3 is 2.83 bits per heavy atom. The van der Waals surface area contributed by atoms with Crippen molar-refractivity contribution in [3.8, 4) is 5.75 Å².